The summed E-state index contributed by atoms with van der Waals surface area (Å²) >= 11 is 0. The Morgan fingerprint density at radius 1 is 0.724 bits per heavy atom. The van der Waals surface area contributed by atoms with E-state index < -0.39 is 0 Å². The molecule has 2 rings (SSSR count). The molecule has 3 heteroatoms. The molecule has 0 saturated heterocycles. The van der Waals surface area contributed by atoms with E-state index in [4.69, 9.17) is 4.74 Å². The first kappa shape index (κ1) is 22.9. The lowest BCUT2D eigenvalue weighted by atomic mass is 10.0. The van der Waals surface area contributed by atoms with E-state index >= 15 is 0 Å². The van der Waals surface area contributed by atoms with Gasteiger partial charge in [0.2, 0.25) is 0 Å². The first-order valence-corrected chi connectivity index (χ1v) is 11.0. The van der Waals surface area contributed by atoms with Crippen molar-refractivity contribution in [3.8, 4) is 16.9 Å². The molecule has 2 aromatic rings. The lowest BCUT2D eigenvalue weighted by Gasteiger charge is -2.08. The summed E-state index contributed by atoms with van der Waals surface area (Å²) in [6.45, 7) is 4.79. The largest absolute Gasteiger partial charge is 0.494 e. The summed E-state index contributed by atoms with van der Waals surface area (Å²) in [5.74, 6) is 0.758. The molecule has 0 fully saturated rings. The van der Waals surface area contributed by atoms with Gasteiger partial charge in [0.25, 0.3) is 0 Å². The van der Waals surface area contributed by atoms with E-state index in [9.17, 15) is 9.59 Å². The number of ether oxygens (including phenoxy) is 1. The number of carbonyl (C=O) groups is 2. The maximum Gasteiger partial charge on any atom is 0.170 e. The molecule has 0 aromatic heterocycles. The molecule has 0 N–H and O–H groups in total. The van der Waals surface area contributed by atoms with Gasteiger partial charge in [-0.2, -0.15) is 0 Å². The van der Waals surface area contributed by atoms with E-state index in [1.165, 1.54) is 38.5 Å². The van der Waals surface area contributed by atoms with Gasteiger partial charge in [0.15, 0.2) is 5.78 Å². The van der Waals surface area contributed by atoms with Crippen molar-refractivity contribution in [1.82, 2.24) is 0 Å². The van der Waals surface area contributed by atoms with Crippen molar-refractivity contribution in [2.24, 2.45) is 0 Å². The Morgan fingerprint density at radius 3 is 1.86 bits per heavy atom. The Bertz CT molecular complexity index is 745. The molecule has 0 heterocycles. The van der Waals surface area contributed by atoms with E-state index in [0.717, 1.165) is 29.9 Å². The molecule has 0 aliphatic heterocycles. The van der Waals surface area contributed by atoms with Crippen molar-refractivity contribution in [2.45, 2.75) is 71.6 Å². The quantitative estimate of drug-likeness (QED) is 0.196. The summed E-state index contributed by atoms with van der Waals surface area (Å²) in [5, 5.41) is 0. The van der Waals surface area contributed by atoms with Crippen LogP contribution in [0.4, 0.5) is 0 Å². The van der Waals surface area contributed by atoms with Crippen LogP contribution in [0.5, 0.6) is 5.75 Å². The fraction of sp³-hybridized carbons (Fsp3) is 0.462. The fourth-order valence-corrected chi connectivity index (χ4v) is 3.25. The number of unbranched alkanes of at least 4 members (excludes halogenated alkanes) is 6. The molecule has 156 valence electrons. The van der Waals surface area contributed by atoms with Crippen molar-refractivity contribution in [3.05, 3.63) is 54.1 Å². The third-order valence-corrected chi connectivity index (χ3v) is 5.16. The Kier molecular flexibility index (Phi) is 10.2. The Hall–Kier alpha value is -2.42. The standard InChI is InChI=1S/C26H34O3/c1-3-5-6-7-8-9-10-19-29-25-17-15-22(16-18-25)21-11-13-23(14-12-21)26(28)20-24(27)4-2/h11-18H,3-10,19-20H2,1-2H3. The number of rotatable bonds is 14. The van der Waals surface area contributed by atoms with Crippen molar-refractivity contribution in [1.29, 1.82) is 0 Å². The Labute approximate surface area is 175 Å². The molecule has 0 atom stereocenters. The van der Waals surface area contributed by atoms with Gasteiger partial charge in [0.05, 0.1) is 13.0 Å². The highest BCUT2D eigenvalue weighted by atomic mass is 16.5. The Balaban J connectivity index is 1.78. The molecule has 0 unspecified atom stereocenters. The summed E-state index contributed by atoms with van der Waals surface area (Å²) < 4.78 is 5.85. The molecule has 0 spiro atoms. The van der Waals surface area contributed by atoms with Gasteiger partial charge in [-0.15, -0.1) is 0 Å². The monoisotopic (exact) mass is 394 g/mol. The molecule has 0 aliphatic carbocycles. The second-order valence-corrected chi connectivity index (χ2v) is 7.56. The number of hydrogen-bond acceptors (Lipinski definition) is 3. The minimum Gasteiger partial charge on any atom is -0.494 e. The van der Waals surface area contributed by atoms with Crippen molar-refractivity contribution < 1.29 is 14.3 Å². The number of Topliss-reactive ketones (excluding diaryl/α,β-unsaturated/α-hetero) is 2. The van der Waals surface area contributed by atoms with Crippen molar-refractivity contribution in [2.75, 3.05) is 6.61 Å². The molecular weight excluding hydrogens is 360 g/mol. The highest BCUT2D eigenvalue weighted by Crippen LogP contribution is 2.23. The van der Waals surface area contributed by atoms with Crippen LogP contribution < -0.4 is 4.74 Å². The minimum absolute atomic E-state index is 0.0133. The van der Waals surface area contributed by atoms with Crippen LogP contribution in [0.3, 0.4) is 0 Å². The predicted octanol–water partition coefficient (Wildman–Crippen LogP) is 7.03. The average Bonchev–Trinajstić information content (AvgIpc) is 2.76. The summed E-state index contributed by atoms with van der Waals surface area (Å²) in [6, 6.07) is 15.5. The maximum absolute atomic E-state index is 12.1. The average molecular weight is 395 g/mol. The van der Waals surface area contributed by atoms with E-state index in [0.29, 0.717) is 12.0 Å². The zero-order chi connectivity index (χ0) is 20.9. The van der Waals surface area contributed by atoms with Crippen LogP contribution in [-0.2, 0) is 4.79 Å². The lowest BCUT2D eigenvalue weighted by molar-refractivity contribution is -0.117. The van der Waals surface area contributed by atoms with Gasteiger partial charge in [-0.25, -0.2) is 0 Å². The number of ketones is 2. The zero-order valence-electron chi connectivity index (χ0n) is 17.9. The van der Waals surface area contributed by atoms with Gasteiger partial charge in [-0.05, 0) is 29.7 Å². The van der Waals surface area contributed by atoms with Crippen LogP contribution >= 0.6 is 0 Å². The van der Waals surface area contributed by atoms with Gasteiger partial charge in [0.1, 0.15) is 11.5 Å². The number of carbonyl (C=O) groups excluding carboxylic acids is 2. The zero-order valence-corrected chi connectivity index (χ0v) is 17.9. The van der Waals surface area contributed by atoms with Gasteiger partial charge in [0, 0.05) is 12.0 Å². The van der Waals surface area contributed by atoms with Crippen molar-refractivity contribution >= 4 is 11.6 Å². The SMILES string of the molecule is CCCCCCCCCOc1ccc(-c2ccc(C(=O)CC(=O)CC)cc2)cc1. The van der Waals surface area contributed by atoms with Crippen molar-refractivity contribution in [3.63, 3.8) is 0 Å². The summed E-state index contributed by atoms with van der Waals surface area (Å²) in [5.41, 5.74) is 2.71. The molecule has 0 amide bonds. The predicted molar refractivity (Wildman–Crippen MR) is 120 cm³/mol. The highest BCUT2D eigenvalue weighted by molar-refractivity contribution is 6.08. The molecular formula is C26H34O3. The van der Waals surface area contributed by atoms with Crippen LogP contribution in [-0.4, -0.2) is 18.2 Å². The van der Waals surface area contributed by atoms with Crippen LogP contribution in [0.25, 0.3) is 11.1 Å². The molecule has 2 aromatic carbocycles. The molecule has 0 bridgehead atoms. The van der Waals surface area contributed by atoms with Gasteiger partial charge < -0.3 is 4.74 Å². The summed E-state index contributed by atoms with van der Waals surface area (Å²) in [7, 11) is 0. The maximum atomic E-state index is 12.1. The second-order valence-electron chi connectivity index (χ2n) is 7.56. The number of benzene rings is 2. The molecule has 0 aliphatic rings. The van der Waals surface area contributed by atoms with Gasteiger partial charge in [-0.1, -0.05) is 88.8 Å². The topological polar surface area (TPSA) is 43.4 Å². The normalized spacial score (nSPS) is 10.7. The fourth-order valence-electron chi connectivity index (χ4n) is 3.25. The first-order valence-electron chi connectivity index (χ1n) is 11.0. The summed E-state index contributed by atoms with van der Waals surface area (Å²) in [4.78, 5) is 23.5. The van der Waals surface area contributed by atoms with E-state index in [-0.39, 0.29) is 18.0 Å². The first-order chi connectivity index (χ1) is 14.1. The highest BCUT2D eigenvalue weighted by Gasteiger charge is 2.10. The third-order valence-electron chi connectivity index (χ3n) is 5.16. The Morgan fingerprint density at radius 2 is 1.28 bits per heavy atom. The smallest absolute Gasteiger partial charge is 0.170 e. The van der Waals surface area contributed by atoms with Crippen LogP contribution in [0.1, 0.15) is 82.0 Å². The third kappa shape index (κ3) is 8.23. The van der Waals surface area contributed by atoms with Gasteiger partial charge in [-0.3, -0.25) is 9.59 Å². The molecule has 3 nitrogen and oxygen atoms in total. The van der Waals surface area contributed by atoms with Crippen LogP contribution in [0.2, 0.25) is 0 Å². The number of hydrogen-bond donors (Lipinski definition) is 0. The molecule has 29 heavy (non-hydrogen) atoms. The van der Waals surface area contributed by atoms with E-state index in [1.54, 1.807) is 19.1 Å². The lowest BCUT2D eigenvalue weighted by Crippen LogP contribution is -2.06. The van der Waals surface area contributed by atoms with E-state index in [2.05, 4.69) is 6.92 Å². The molecule has 0 saturated carbocycles. The minimum atomic E-state index is -0.113. The summed E-state index contributed by atoms with van der Waals surface area (Å²) in [6.07, 6.45) is 9.35. The van der Waals surface area contributed by atoms with Gasteiger partial charge >= 0.3 is 0 Å². The second kappa shape index (κ2) is 12.9. The van der Waals surface area contributed by atoms with E-state index in [1.807, 2.05) is 36.4 Å². The molecule has 0 radical (unpaired) electrons. The van der Waals surface area contributed by atoms with Crippen LogP contribution in [0.15, 0.2) is 48.5 Å². The van der Waals surface area contributed by atoms with Crippen LogP contribution in [0, 0.1) is 0 Å².